The average molecular weight is 356 g/mol. The molecule has 0 aromatic carbocycles. The minimum atomic E-state index is -0.746. The molecule has 0 radical (unpaired) electrons. The van der Waals surface area contributed by atoms with E-state index in [1.807, 2.05) is 0 Å². The topological polar surface area (TPSA) is 89.9 Å². The minimum absolute atomic E-state index is 0.347. The second-order valence-electron chi connectivity index (χ2n) is 7.64. The normalized spacial score (nSPS) is 40.2. The van der Waals surface area contributed by atoms with Gasteiger partial charge in [-0.25, -0.2) is 0 Å². The minimum Gasteiger partial charge on any atom is -0.480 e. The van der Waals surface area contributed by atoms with Gasteiger partial charge in [-0.3, -0.25) is 14.5 Å². The number of carboxylic acid groups (broad SMARTS) is 2. The van der Waals surface area contributed by atoms with Gasteiger partial charge in [0, 0.05) is 18.3 Å². The molecule has 7 heteroatoms. The van der Waals surface area contributed by atoms with Crippen molar-refractivity contribution in [2.75, 3.05) is 25.9 Å². The molecule has 3 aliphatic rings. The molecule has 0 bridgehead atoms. The first-order chi connectivity index (χ1) is 11.5. The Labute approximate surface area is 147 Å². The maximum atomic E-state index is 11.5. The van der Waals surface area contributed by atoms with E-state index in [-0.39, 0.29) is 6.04 Å². The Kier molecular flexibility index (Phi) is 5.72. The maximum Gasteiger partial charge on any atom is 0.320 e. The Balaban J connectivity index is 1.58. The van der Waals surface area contributed by atoms with Gasteiger partial charge in [-0.2, -0.15) is 11.8 Å². The number of likely N-dealkylation sites (tertiary alicyclic amines) is 1. The van der Waals surface area contributed by atoms with Gasteiger partial charge in [0.1, 0.15) is 12.1 Å². The zero-order valence-electron chi connectivity index (χ0n) is 14.2. The summed E-state index contributed by atoms with van der Waals surface area (Å²) in [5.74, 6) is 0.108. The highest BCUT2D eigenvalue weighted by atomic mass is 32.2. The molecule has 0 aromatic heterocycles. The van der Waals surface area contributed by atoms with Gasteiger partial charge in [-0.05, 0) is 62.7 Å². The number of nitrogens with zero attached hydrogens (tertiary/aromatic N) is 1. The predicted octanol–water partition coefficient (Wildman–Crippen LogP) is 1.36. The van der Waals surface area contributed by atoms with Crippen LogP contribution in [0, 0.1) is 17.8 Å². The van der Waals surface area contributed by atoms with Crippen molar-refractivity contribution in [3.63, 3.8) is 0 Å². The van der Waals surface area contributed by atoms with Crippen LogP contribution in [0.5, 0.6) is 0 Å². The zero-order chi connectivity index (χ0) is 17.3. The number of carboxylic acids is 2. The SMILES string of the molecule is CS[C@H]1C[C@@H](C(=O)O)N(CC2CCC3CNC(C(=O)O)CC3C2)C1. The van der Waals surface area contributed by atoms with Gasteiger partial charge < -0.3 is 15.5 Å². The molecule has 2 aliphatic heterocycles. The number of aliphatic carboxylic acids is 2. The Morgan fingerprint density at radius 3 is 2.58 bits per heavy atom. The van der Waals surface area contributed by atoms with E-state index < -0.39 is 18.0 Å². The molecule has 0 aromatic rings. The van der Waals surface area contributed by atoms with Gasteiger partial charge in [-0.1, -0.05) is 0 Å². The van der Waals surface area contributed by atoms with Gasteiger partial charge in [0.2, 0.25) is 0 Å². The van der Waals surface area contributed by atoms with E-state index in [1.165, 1.54) is 0 Å². The van der Waals surface area contributed by atoms with Gasteiger partial charge in [0.25, 0.3) is 0 Å². The number of nitrogens with one attached hydrogen (secondary N) is 1. The molecule has 6 nitrogen and oxygen atoms in total. The van der Waals surface area contributed by atoms with Crippen molar-refractivity contribution in [1.29, 1.82) is 0 Å². The summed E-state index contributed by atoms with van der Waals surface area (Å²) < 4.78 is 0. The Bertz CT molecular complexity index is 489. The highest BCUT2D eigenvalue weighted by molar-refractivity contribution is 7.99. The monoisotopic (exact) mass is 356 g/mol. The average Bonchev–Trinajstić information content (AvgIpc) is 2.97. The first-order valence-corrected chi connectivity index (χ1v) is 10.2. The van der Waals surface area contributed by atoms with Crippen LogP contribution in [0.4, 0.5) is 0 Å². The van der Waals surface area contributed by atoms with Crippen molar-refractivity contribution in [3.8, 4) is 0 Å². The van der Waals surface area contributed by atoms with Gasteiger partial charge in [0.15, 0.2) is 0 Å². The van der Waals surface area contributed by atoms with Crippen LogP contribution in [0.1, 0.15) is 32.1 Å². The quantitative estimate of drug-likeness (QED) is 0.685. The third-order valence-electron chi connectivity index (χ3n) is 6.19. The second kappa shape index (κ2) is 7.62. The van der Waals surface area contributed by atoms with E-state index in [1.54, 1.807) is 11.8 Å². The summed E-state index contributed by atoms with van der Waals surface area (Å²) in [5.41, 5.74) is 0. The number of hydrogen-bond donors (Lipinski definition) is 3. The van der Waals surface area contributed by atoms with Crippen LogP contribution in [0.25, 0.3) is 0 Å². The lowest BCUT2D eigenvalue weighted by Gasteiger charge is -2.42. The van der Waals surface area contributed by atoms with Crippen molar-refractivity contribution < 1.29 is 19.8 Å². The molecule has 136 valence electrons. The number of carbonyl (C=O) groups is 2. The van der Waals surface area contributed by atoms with E-state index in [0.29, 0.717) is 29.4 Å². The van der Waals surface area contributed by atoms with Crippen LogP contribution in [0.15, 0.2) is 0 Å². The highest BCUT2D eigenvalue weighted by Crippen LogP contribution is 2.40. The Morgan fingerprint density at radius 2 is 1.92 bits per heavy atom. The molecule has 24 heavy (non-hydrogen) atoms. The molecule has 4 unspecified atom stereocenters. The number of rotatable bonds is 5. The number of hydrogen-bond acceptors (Lipinski definition) is 5. The summed E-state index contributed by atoms with van der Waals surface area (Å²) in [7, 11) is 0. The third-order valence-corrected chi connectivity index (χ3v) is 7.20. The predicted molar refractivity (Wildman–Crippen MR) is 93.3 cm³/mol. The zero-order valence-corrected chi connectivity index (χ0v) is 15.0. The van der Waals surface area contributed by atoms with Crippen LogP contribution in [0.3, 0.4) is 0 Å². The van der Waals surface area contributed by atoms with E-state index in [4.69, 9.17) is 0 Å². The van der Waals surface area contributed by atoms with Crippen LogP contribution in [-0.2, 0) is 9.59 Å². The summed E-state index contributed by atoms with van der Waals surface area (Å²) in [4.78, 5) is 24.9. The molecule has 3 fully saturated rings. The first kappa shape index (κ1) is 18.0. The first-order valence-electron chi connectivity index (χ1n) is 8.93. The van der Waals surface area contributed by atoms with E-state index in [0.717, 1.165) is 45.3 Å². The fourth-order valence-electron chi connectivity index (χ4n) is 4.84. The van der Waals surface area contributed by atoms with Crippen molar-refractivity contribution in [2.24, 2.45) is 17.8 Å². The van der Waals surface area contributed by atoms with E-state index in [9.17, 15) is 19.8 Å². The molecule has 2 heterocycles. The largest absolute Gasteiger partial charge is 0.480 e. The molecule has 3 rings (SSSR count). The van der Waals surface area contributed by atoms with Gasteiger partial charge in [-0.15, -0.1) is 0 Å². The lowest BCUT2D eigenvalue weighted by atomic mass is 9.69. The van der Waals surface area contributed by atoms with Crippen molar-refractivity contribution in [2.45, 2.75) is 49.4 Å². The molecular weight excluding hydrogens is 328 g/mol. The van der Waals surface area contributed by atoms with Crippen LogP contribution < -0.4 is 5.32 Å². The number of fused-ring (bicyclic) bond motifs is 1. The fourth-order valence-corrected chi connectivity index (χ4v) is 5.55. The molecule has 0 spiro atoms. The van der Waals surface area contributed by atoms with Gasteiger partial charge >= 0.3 is 11.9 Å². The summed E-state index contributed by atoms with van der Waals surface area (Å²) in [6, 6.07) is -0.760. The molecule has 3 N–H and O–H groups in total. The molecule has 6 atom stereocenters. The lowest BCUT2D eigenvalue weighted by molar-refractivity contribution is -0.143. The smallest absolute Gasteiger partial charge is 0.320 e. The van der Waals surface area contributed by atoms with Crippen molar-refractivity contribution in [3.05, 3.63) is 0 Å². The summed E-state index contributed by atoms with van der Waals surface area (Å²) in [6.45, 7) is 2.52. The van der Waals surface area contributed by atoms with Crippen molar-refractivity contribution >= 4 is 23.7 Å². The summed E-state index contributed by atoms with van der Waals surface area (Å²) in [6.07, 6.45) is 6.81. The standard InChI is InChI=1S/C17H28N2O4S/c1-24-13-6-15(17(22)23)19(9-13)8-10-2-3-11-7-18-14(16(20)21)5-12(11)4-10/h10-15,18H,2-9H2,1H3,(H,20,21)(H,22,23)/t10?,11?,12?,13-,14?,15-/m0/s1. The van der Waals surface area contributed by atoms with E-state index >= 15 is 0 Å². The Morgan fingerprint density at radius 1 is 1.12 bits per heavy atom. The molecular formula is C17H28N2O4S. The second-order valence-corrected chi connectivity index (χ2v) is 8.77. The van der Waals surface area contributed by atoms with Crippen LogP contribution >= 0.6 is 11.8 Å². The molecule has 1 aliphatic carbocycles. The van der Waals surface area contributed by atoms with Crippen LogP contribution in [0.2, 0.25) is 0 Å². The maximum absolute atomic E-state index is 11.5. The third kappa shape index (κ3) is 3.89. The fraction of sp³-hybridized carbons (Fsp3) is 0.882. The Hall–Kier alpha value is -0.790. The van der Waals surface area contributed by atoms with Gasteiger partial charge in [0.05, 0.1) is 0 Å². The van der Waals surface area contributed by atoms with Crippen molar-refractivity contribution in [1.82, 2.24) is 10.2 Å². The molecule has 1 saturated carbocycles. The lowest BCUT2D eigenvalue weighted by Crippen LogP contribution is -2.50. The molecule has 2 saturated heterocycles. The van der Waals surface area contributed by atoms with E-state index in [2.05, 4.69) is 16.5 Å². The highest BCUT2D eigenvalue weighted by Gasteiger charge is 2.41. The number of piperidine rings is 1. The number of thioether (sulfide) groups is 1. The summed E-state index contributed by atoms with van der Waals surface area (Å²) in [5, 5.41) is 22.3. The van der Waals surface area contributed by atoms with Crippen LogP contribution in [-0.4, -0.2) is 70.3 Å². The molecule has 0 amide bonds. The summed E-state index contributed by atoms with van der Waals surface area (Å²) >= 11 is 1.76.